The van der Waals surface area contributed by atoms with Gasteiger partial charge in [0.1, 0.15) is 35.9 Å². The second-order valence-corrected chi connectivity index (χ2v) is 25.7. The van der Waals surface area contributed by atoms with E-state index in [0.29, 0.717) is 60.4 Å². The van der Waals surface area contributed by atoms with Crippen molar-refractivity contribution in [1.29, 1.82) is 0 Å². The fourth-order valence-electron chi connectivity index (χ4n) is 11.5. The molecule has 8 rings (SSSR count). The first kappa shape index (κ1) is 67.0. The second kappa shape index (κ2) is 32.5. The summed E-state index contributed by atoms with van der Waals surface area (Å²) >= 11 is 8.07. The molecule has 0 saturated carbocycles. The molecule has 20 nitrogen and oxygen atoms in total. The van der Waals surface area contributed by atoms with Crippen molar-refractivity contribution >= 4 is 81.9 Å². The number of nitrogens with zero attached hydrogens (tertiary/aromatic N) is 6. The molecule has 5 heterocycles. The van der Waals surface area contributed by atoms with Gasteiger partial charge in [-0.05, 0) is 120 Å². The summed E-state index contributed by atoms with van der Waals surface area (Å²) in [5, 5.41) is 18.1. The quantitative estimate of drug-likeness (QED) is 0.0224. The maximum atomic E-state index is 13.8. The minimum absolute atomic E-state index is 0.0236. The van der Waals surface area contributed by atoms with Gasteiger partial charge in [0.2, 0.25) is 23.6 Å². The van der Waals surface area contributed by atoms with Crippen molar-refractivity contribution in [3.63, 3.8) is 0 Å². The minimum atomic E-state index is -1.06. The predicted octanol–water partition coefficient (Wildman–Crippen LogP) is 11.5. The van der Waals surface area contributed by atoms with Crippen molar-refractivity contribution in [1.82, 2.24) is 29.9 Å². The van der Waals surface area contributed by atoms with Gasteiger partial charge in [-0.3, -0.25) is 53.3 Å². The average molecular weight is 1250 g/mol. The number of hydrogen-bond acceptors (Lipinski definition) is 16. The van der Waals surface area contributed by atoms with Crippen LogP contribution in [0, 0.1) is 12.8 Å². The number of rotatable bonds is 34. The van der Waals surface area contributed by atoms with Gasteiger partial charge in [-0.25, -0.2) is 0 Å². The van der Waals surface area contributed by atoms with Crippen LogP contribution in [0.1, 0.15) is 193 Å². The van der Waals surface area contributed by atoms with Crippen LogP contribution < -0.4 is 20.7 Å². The highest BCUT2D eigenvalue weighted by atomic mass is 35.5. The Morgan fingerprint density at radius 1 is 0.761 bits per heavy atom. The standard InChI is InChI=1S/C66H86ClN9O11S/c1-43-44(2)88-65-58(43)60(46-24-26-47(67)27-25-46)70-52(61-73-72-45(3)75(61)65)42-55(78)69-48-28-30-49(31-29-48)86-41-40-85-39-36-74(56(79)22-17-15-13-11-9-7-8-10-12-14-16-18-23-57(80)87-66(4,5)6)35-38-84-37-34-68-51-21-19-20-50-59(51)64(83)76(63(50)82)53-32-33-54(77)71-62(53)81/h19-21,24-31,52-53,58,65,68H,7-18,22-23,32-42H2,1-6H3,(H,69,78)(H,71,77,81)/t52-,53?,58?,65?/m0/s1. The molecule has 0 radical (unpaired) electrons. The van der Waals surface area contributed by atoms with E-state index in [2.05, 4.69) is 44.6 Å². The van der Waals surface area contributed by atoms with E-state index in [4.69, 9.17) is 35.5 Å². The number of allylic oxidation sites excluding steroid dienone is 2. The van der Waals surface area contributed by atoms with Gasteiger partial charge in [0.15, 0.2) is 5.82 Å². The summed E-state index contributed by atoms with van der Waals surface area (Å²) in [7, 11) is 0. The number of aliphatic imine (C=N–C) groups is 1. The van der Waals surface area contributed by atoms with E-state index in [1.54, 1.807) is 59.1 Å². The number of hydrogen-bond donors (Lipinski definition) is 3. The molecular weight excluding hydrogens is 1160 g/mol. The topological polar surface area (TPSA) is 242 Å². The smallest absolute Gasteiger partial charge is 0.306 e. The molecule has 4 atom stereocenters. The van der Waals surface area contributed by atoms with Crippen LogP contribution in [0.25, 0.3) is 0 Å². The predicted molar refractivity (Wildman–Crippen MR) is 339 cm³/mol. The molecule has 1 aromatic heterocycles. The van der Waals surface area contributed by atoms with Gasteiger partial charge in [0.25, 0.3) is 11.8 Å². The number of esters is 1. The fraction of sp³-hybridized carbons (Fsp3) is 0.545. The second-order valence-electron chi connectivity index (χ2n) is 23.9. The highest BCUT2D eigenvalue weighted by Crippen LogP contribution is 2.53. The van der Waals surface area contributed by atoms with Crippen LogP contribution in [-0.2, 0) is 38.2 Å². The molecule has 4 aliphatic rings. The number of halogens is 1. The van der Waals surface area contributed by atoms with Crippen LogP contribution in [0.2, 0.25) is 5.02 Å². The summed E-state index contributed by atoms with van der Waals surface area (Å²) in [6.45, 7) is 14.2. The highest BCUT2D eigenvalue weighted by molar-refractivity contribution is 8.03. The number of amides is 6. The molecule has 0 bridgehead atoms. The lowest BCUT2D eigenvalue weighted by Gasteiger charge is -2.27. The first-order valence-electron chi connectivity index (χ1n) is 31.2. The monoisotopic (exact) mass is 1250 g/mol. The van der Waals surface area contributed by atoms with E-state index in [1.807, 2.05) is 52.0 Å². The summed E-state index contributed by atoms with van der Waals surface area (Å²) in [4.78, 5) is 99.8. The van der Waals surface area contributed by atoms with E-state index in [1.165, 1.54) is 42.6 Å². The Labute approximate surface area is 526 Å². The van der Waals surface area contributed by atoms with Gasteiger partial charge < -0.3 is 34.5 Å². The maximum Gasteiger partial charge on any atom is 0.306 e. The lowest BCUT2D eigenvalue weighted by atomic mass is 9.90. The molecule has 22 heteroatoms. The van der Waals surface area contributed by atoms with Crippen molar-refractivity contribution in [2.24, 2.45) is 10.9 Å². The summed E-state index contributed by atoms with van der Waals surface area (Å²) in [6.07, 6.45) is 14.0. The zero-order chi connectivity index (χ0) is 62.7. The van der Waals surface area contributed by atoms with E-state index >= 15 is 0 Å². The molecule has 3 unspecified atom stereocenters. The number of aryl methyl sites for hydroxylation is 1. The van der Waals surface area contributed by atoms with E-state index in [-0.39, 0.29) is 92.5 Å². The summed E-state index contributed by atoms with van der Waals surface area (Å²) in [6, 6.07) is 18.1. The van der Waals surface area contributed by atoms with Crippen molar-refractivity contribution in [3.05, 3.63) is 111 Å². The van der Waals surface area contributed by atoms with Crippen LogP contribution in [0.5, 0.6) is 5.75 Å². The van der Waals surface area contributed by atoms with Crippen LogP contribution in [0.3, 0.4) is 0 Å². The number of unbranched alkanes of at least 4 members (excludes halogenated alkanes) is 11. The van der Waals surface area contributed by atoms with Crippen LogP contribution >= 0.6 is 23.4 Å². The lowest BCUT2D eigenvalue weighted by Crippen LogP contribution is -2.54. The number of thioether (sulfide) groups is 1. The van der Waals surface area contributed by atoms with Gasteiger partial charge >= 0.3 is 5.97 Å². The average Bonchev–Trinajstić information content (AvgIpc) is 1.75. The molecular formula is C66H86ClN9O11S. The molecule has 88 heavy (non-hydrogen) atoms. The van der Waals surface area contributed by atoms with Crippen molar-refractivity contribution in [2.45, 2.75) is 174 Å². The maximum absolute atomic E-state index is 13.8. The van der Waals surface area contributed by atoms with Crippen molar-refractivity contribution in [2.75, 3.05) is 63.3 Å². The van der Waals surface area contributed by atoms with Crippen LogP contribution in [0.4, 0.5) is 11.4 Å². The van der Waals surface area contributed by atoms with Gasteiger partial charge in [-0.2, -0.15) is 0 Å². The Kier molecular flexibility index (Phi) is 24.8. The minimum Gasteiger partial charge on any atom is -0.491 e. The van der Waals surface area contributed by atoms with E-state index < -0.39 is 41.3 Å². The molecule has 4 aromatic rings. The molecule has 0 aliphatic carbocycles. The SMILES string of the molecule is CC1=C(C)C2C(c3ccc(Cl)cc3)=N[C@@H](CC(=O)Nc3ccc(OCCOCCN(CCOCCNc4cccc5c4C(=O)N(C4CCC(=O)NC4=O)C5=O)C(=O)CCCCCCCCCCCCCCC(=O)OC(C)(C)C)cc3)c3nnc(C)n3C2S1. The normalized spacial score (nSPS) is 18.1. The number of aromatic nitrogens is 3. The zero-order valence-corrected chi connectivity index (χ0v) is 53.4. The highest BCUT2D eigenvalue weighted by Gasteiger charge is 2.46. The van der Waals surface area contributed by atoms with Gasteiger partial charge in [0.05, 0.1) is 61.0 Å². The van der Waals surface area contributed by atoms with Gasteiger partial charge in [-0.1, -0.05) is 99.6 Å². The third kappa shape index (κ3) is 18.6. The number of carbonyl (C=O) groups excluding carboxylic acids is 7. The molecule has 3 N–H and O–H groups in total. The number of anilines is 2. The van der Waals surface area contributed by atoms with Crippen molar-refractivity contribution in [3.8, 4) is 5.75 Å². The Hall–Kier alpha value is -6.94. The number of carbonyl (C=O) groups is 7. The first-order valence-corrected chi connectivity index (χ1v) is 32.5. The third-order valence-electron chi connectivity index (χ3n) is 16.1. The number of fused-ring (bicyclic) bond motifs is 4. The number of nitrogens with one attached hydrogen (secondary N) is 3. The molecule has 6 amide bonds. The lowest BCUT2D eigenvalue weighted by molar-refractivity contribution is -0.155. The van der Waals surface area contributed by atoms with E-state index in [9.17, 15) is 33.6 Å². The third-order valence-corrected chi connectivity index (χ3v) is 17.8. The van der Waals surface area contributed by atoms with E-state index in [0.717, 1.165) is 66.9 Å². The fourth-order valence-corrected chi connectivity index (χ4v) is 13.1. The summed E-state index contributed by atoms with van der Waals surface area (Å²) in [5.41, 5.74) is 4.02. The number of benzene rings is 3. The Morgan fingerprint density at radius 2 is 1.41 bits per heavy atom. The van der Waals surface area contributed by atoms with Crippen LogP contribution in [-0.4, -0.2) is 136 Å². The Balaban J connectivity index is 0.761. The molecule has 1 fully saturated rings. The number of imide groups is 2. The molecule has 3 aromatic carbocycles. The zero-order valence-electron chi connectivity index (χ0n) is 51.8. The van der Waals surface area contributed by atoms with Crippen molar-refractivity contribution < 1.29 is 52.5 Å². The molecule has 474 valence electrons. The number of ether oxygens (including phenoxy) is 4. The summed E-state index contributed by atoms with van der Waals surface area (Å²) in [5.74, 6) is -0.614. The molecule has 4 aliphatic heterocycles. The number of piperidine rings is 1. The first-order chi connectivity index (χ1) is 42.4. The Bertz CT molecular complexity index is 3160. The molecule has 1 saturated heterocycles. The largest absolute Gasteiger partial charge is 0.491 e. The summed E-state index contributed by atoms with van der Waals surface area (Å²) < 4.78 is 25.5. The van der Waals surface area contributed by atoms with Gasteiger partial charge in [-0.15, -0.1) is 22.0 Å². The van der Waals surface area contributed by atoms with Gasteiger partial charge in [0, 0.05) is 55.3 Å². The Morgan fingerprint density at radius 3 is 2.07 bits per heavy atom. The molecule has 0 spiro atoms. The van der Waals surface area contributed by atoms with Crippen LogP contribution in [0.15, 0.2) is 82.2 Å².